The Morgan fingerprint density at radius 1 is 0.618 bits per heavy atom. The highest BCUT2D eigenvalue weighted by Crippen LogP contribution is 2.46. The fraction of sp³-hybridized carbons (Fsp3) is 0. The number of fused-ring (bicyclic) bond motifs is 5. The second kappa shape index (κ2) is 6.85. The molecular weight excluding hydrogens is 442 g/mol. The van der Waals surface area contributed by atoms with Gasteiger partial charge in [0.25, 0.3) is 10.0 Å². The lowest BCUT2D eigenvalue weighted by Gasteiger charge is -2.21. The third-order valence-electron chi connectivity index (χ3n) is 6.44. The van der Waals surface area contributed by atoms with Crippen LogP contribution in [-0.4, -0.2) is 22.4 Å². The average Bonchev–Trinajstić information content (AvgIpc) is 3.23. The van der Waals surface area contributed by atoms with Crippen LogP contribution in [0.4, 0.5) is 0 Å². The highest BCUT2D eigenvalue weighted by Gasteiger charge is 2.33. The Labute approximate surface area is 196 Å². The SMILES string of the molecule is O=S1(=O)c2ccccc2-c2cc(-c3ccccn3)cc3c4cc(-c5ccccn5)ccc4n1c23. The molecule has 0 atom stereocenters. The molecule has 4 heterocycles. The molecule has 0 radical (unpaired) electrons. The number of hydrogen-bond donors (Lipinski definition) is 0. The number of nitrogens with zero attached hydrogens (tertiary/aromatic N) is 3. The van der Waals surface area contributed by atoms with Gasteiger partial charge in [0.2, 0.25) is 0 Å². The van der Waals surface area contributed by atoms with Gasteiger partial charge >= 0.3 is 0 Å². The molecule has 0 saturated carbocycles. The molecule has 0 aliphatic carbocycles. The first-order chi connectivity index (χ1) is 16.6. The van der Waals surface area contributed by atoms with E-state index in [1.807, 2.05) is 78.9 Å². The summed E-state index contributed by atoms with van der Waals surface area (Å²) in [5.41, 5.74) is 6.52. The lowest BCUT2D eigenvalue weighted by molar-refractivity contribution is 0.590. The maximum Gasteiger partial charge on any atom is 0.269 e. The first-order valence-electron chi connectivity index (χ1n) is 10.9. The number of aromatic nitrogens is 3. The molecule has 6 heteroatoms. The van der Waals surface area contributed by atoms with Crippen molar-refractivity contribution in [2.75, 3.05) is 0 Å². The van der Waals surface area contributed by atoms with E-state index in [9.17, 15) is 8.42 Å². The van der Waals surface area contributed by atoms with Crippen molar-refractivity contribution >= 4 is 31.8 Å². The van der Waals surface area contributed by atoms with Crippen LogP contribution in [0.3, 0.4) is 0 Å². The summed E-state index contributed by atoms with van der Waals surface area (Å²) in [5, 5.41) is 1.75. The van der Waals surface area contributed by atoms with E-state index < -0.39 is 10.0 Å². The van der Waals surface area contributed by atoms with Gasteiger partial charge in [-0.15, -0.1) is 0 Å². The summed E-state index contributed by atoms with van der Waals surface area (Å²) in [5.74, 6) is 0. The molecule has 0 N–H and O–H groups in total. The van der Waals surface area contributed by atoms with E-state index in [2.05, 4.69) is 9.97 Å². The Hall–Kier alpha value is -4.29. The minimum absolute atomic E-state index is 0.313. The predicted molar refractivity (Wildman–Crippen MR) is 134 cm³/mol. The standard InChI is InChI=1S/C28H17N3O2S/c32-34(33)27-10-2-1-7-20(27)22-16-19(25-9-4-6-14-30-25)17-23-21-15-18(24-8-3-5-13-29-24)11-12-26(21)31(34)28(22)23/h1-17H. The summed E-state index contributed by atoms with van der Waals surface area (Å²) in [4.78, 5) is 9.35. The average molecular weight is 460 g/mol. The second-order valence-electron chi connectivity index (χ2n) is 8.35. The van der Waals surface area contributed by atoms with Gasteiger partial charge in [-0.25, -0.2) is 12.4 Å². The van der Waals surface area contributed by atoms with E-state index in [4.69, 9.17) is 0 Å². The minimum atomic E-state index is -3.76. The van der Waals surface area contributed by atoms with Gasteiger partial charge in [-0.05, 0) is 54.6 Å². The van der Waals surface area contributed by atoms with Crippen molar-refractivity contribution in [3.05, 3.63) is 103 Å². The Bertz CT molecular complexity index is 1860. The number of hydrogen-bond acceptors (Lipinski definition) is 4. The van der Waals surface area contributed by atoms with Gasteiger partial charge in [0.05, 0.1) is 27.3 Å². The highest BCUT2D eigenvalue weighted by atomic mass is 32.2. The molecule has 7 rings (SSSR count). The van der Waals surface area contributed by atoms with Crippen molar-refractivity contribution in [1.29, 1.82) is 0 Å². The van der Waals surface area contributed by atoms with Crippen LogP contribution in [0.15, 0.2) is 108 Å². The van der Waals surface area contributed by atoms with E-state index in [1.54, 1.807) is 24.5 Å². The molecule has 1 aliphatic rings. The van der Waals surface area contributed by atoms with Crippen molar-refractivity contribution in [2.45, 2.75) is 4.90 Å². The molecule has 0 unspecified atom stereocenters. The zero-order valence-electron chi connectivity index (χ0n) is 17.9. The van der Waals surface area contributed by atoms with Crippen molar-refractivity contribution < 1.29 is 8.42 Å². The fourth-order valence-corrected chi connectivity index (χ4v) is 6.71. The fourth-order valence-electron chi connectivity index (χ4n) is 4.95. The van der Waals surface area contributed by atoms with Crippen LogP contribution < -0.4 is 0 Å². The normalized spacial score (nSPS) is 13.8. The Kier molecular flexibility index (Phi) is 3.87. The topological polar surface area (TPSA) is 64.8 Å². The first-order valence-corrected chi connectivity index (χ1v) is 12.4. The zero-order valence-corrected chi connectivity index (χ0v) is 18.7. The highest BCUT2D eigenvalue weighted by molar-refractivity contribution is 7.90. The van der Waals surface area contributed by atoms with Gasteiger partial charge in [0.1, 0.15) is 0 Å². The molecule has 3 aromatic heterocycles. The van der Waals surface area contributed by atoms with E-state index in [0.29, 0.717) is 21.5 Å². The number of pyridine rings is 2. The van der Waals surface area contributed by atoms with E-state index >= 15 is 0 Å². The number of rotatable bonds is 2. The van der Waals surface area contributed by atoms with Crippen LogP contribution in [0.5, 0.6) is 0 Å². The molecule has 0 spiro atoms. The third-order valence-corrected chi connectivity index (χ3v) is 8.21. The molecule has 0 bridgehead atoms. The summed E-state index contributed by atoms with van der Waals surface area (Å²) in [7, 11) is -3.76. The van der Waals surface area contributed by atoms with E-state index in [0.717, 1.165) is 38.9 Å². The molecule has 0 saturated heterocycles. The predicted octanol–water partition coefficient (Wildman–Crippen LogP) is 6.14. The van der Waals surface area contributed by atoms with E-state index in [1.165, 1.54) is 3.97 Å². The second-order valence-corrected chi connectivity index (χ2v) is 10.1. The molecule has 0 fully saturated rings. The quantitative estimate of drug-likeness (QED) is 0.312. The summed E-state index contributed by atoms with van der Waals surface area (Å²) in [6, 6.07) is 28.8. The molecule has 6 aromatic rings. The molecule has 1 aliphatic heterocycles. The van der Waals surface area contributed by atoms with Crippen molar-refractivity contribution in [3.63, 3.8) is 0 Å². The lowest BCUT2D eigenvalue weighted by atomic mass is 9.96. The molecule has 162 valence electrons. The van der Waals surface area contributed by atoms with Gasteiger partial charge < -0.3 is 0 Å². The van der Waals surface area contributed by atoms with Gasteiger partial charge in [-0.1, -0.05) is 36.4 Å². The monoisotopic (exact) mass is 459 g/mol. The van der Waals surface area contributed by atoms with Gasteiger partial charge in [-0.2, -0.15) is 0 Å². The molecule has 0 amide bonds. The molecule has 5 nitrogen and oxygen atoms in total. The van der Waals surface area contributed by atoms with Gasteiger partial charge in [0.15, 0.2) is 0 Å². The Balaban J connectivity index is 1.67. The summed E-state index contributed by atoms with van der Waals surface area (Å²) < 4.78 is 29.1. The zero-order chi connectivity index (χ0) is 22.9. The van der Waals surface area contributed by atoms with Crippen LogP contribution in [0.2, 0.25) is 0 Å². The molecular formula is C28H17N3O2S. The van der Waals surface area contributed by atoms with Crippen molar-refractivity contribution in [1.82, 2.24) is 13.9 Å². The van der Waals surface area contributed by atoms with Crippen LogP contribution in [0.25, 0.3) is 55.4 Å². The molecule has 3 aromatic carbocycles. The lowest BCUT2D eigenvalue weighted by Crippen LogP contribution is -2.17. The van der Waals surface area contributed by atoms with Crippen LogP contribution >= 0.6 is 0 Å². The maximum atomic E-state index is 13.8. The van der Waals surface area contributed by atoms with Crippen LogP contribution in [0.1, 0.15) is 0 Å². The van der Waals surface area contributed by atoms with Crippen molar-refractivity contribution in [2.24, 2.45) is 0 Å². The van der Waals surface area contributed by atoms with Crippen LogP contribution in [-0.2, 0) is 10.0 Å². The van der Waals surface area contributed by atoms with Crippen LogP contribution in [0, 0.1) is 0 Å². The Morgan fingerprint density at radius 3 is 2.03 bits per heavy atom. The maximum absolute atomic E-state index is 13.8. The third kappa shape index (κ3) is 2.57. The van der Waals surface area contributed by atoms with Crippen molar-refractivity contribution in [3.8, 4) is 33.6 Å². The smallest absolute Gasteiger partial charge is 0.256 e. The summed E-state index contributed by atoms with van der Waals surface area (Å²) >= 11 is 0. The minimum Gasteiger partial charge on any atom is -0.256 e. The van der Waals surface area contributed by atoms with Gasteiger partial charge in [0, 0.05) is 45.4 Å². The summed E-state index contributed by atoms with van der Waals surface area (Å²) in [6.45, 7) is 0. The summed E-state index contributed by atoms with van der Waals surface area (Å²) in [6.07, 6.45) is 3.53. The first kappa shape index (κ1) is 19.2. The van der Waals surface area contributed by atoms with Gasteiger partial charge in [-0.3, -0.25) is 9.97 Å². The Morgan fingerprint density at radius 2 is 1.29 bits per heavy atom. The molecule has 34 heavy (non-hydrogen) atoms. The van der Waals surface area contributed by atoms with E-state index in [-0.39, 0.29) is 0 Å². The number of benzene rings is 3. The largest absolute Gasteiger partial charge is 0.269 e.